The molecule has 1 aromatic carbocycles. The van der Waals surface area contributed by atoms with Gasteiger partial charge in [-0.15, -0.1) is 0 Å². The largest absolute Gasteiger partial charge is 0.452 e. The van der Waals surface area contributed by atoms with Gasteiger partial charge in [-0.2, -0.15) is 10.4 Å². The molecule has 0 bridgehead atoms. The molecule has 2 aromatic rings. The summed E-state index contributed by atoms with van der Waals surface area (Å²) in [6.07, 6.45) is 1.38. The molecule has 8 heteroatoms. The van der Waals surface area contributed by atoms with Gasteiger partial charge in [0, 0.05) is 18.4 Å². The standard InChI is InChI=1S/C15H13ClN4O3/c1-9-12(7-18-20(9)2)15(22)23-8-14(21)19-11-4-3-10(6-17)13(16)5-11/h3-5,7H,8H2,1-2H3,(H,19,21). The molecule has 1 aromatic heterocycles. The van der Waals surface area contributed by atoms with Crippen LogP contribution >= 0.6 is 11.6 Å². The van der Waals surface area contributed by atoms with Gasteiger partial charge in [-0.3, -0.25) is 9.48 Å². The molecule has 0 radical (unpaired) electrons. The molecule has 0 atom stereocenters. The quantitative estimate of drug-likeness (QED) is 0.864. The third-order valence-electron chi connectivity index (χ3n) is 3.16. The van der Waals surface area contributed by atoms with Crippen molar-refractivity contribution < 1.29 is 14.3 Å². The maximum absolute atomic E-state index is 11.9. The van der Waals surface area contributed by atoms with Crippen LogP contribution in [0.4, 0.5) is 5.69 Å². The Hall–Kier alpha value is -2.85. The van der Waals surface area contributed by atoms with Crippen molar-refractivity contribution in [2.24, 2.45) is 7.05 Å². The van der Waals surface area contributed by atoms with Gasteiger partial charge >= 0.3 is 5.97 Å². The lowest BCUT2D eigenvalue weighted by Gasteiger charge is -2.07. The monoisotopic (exact) mass is 332 g/mol. The zero-order valence-electron chi connectivity index (χ0n) is 12.5. The van der Waals surface area contributed by atoms with Crippen molar-refractivity contribution in [2.75, 3.05) is 11.9 Å². The third-order valence-corrected chi connectivity index (χ3v) is 3.48. The molecule has 23 heavy (non-hydrogen) atoms. The van der Waals surface area contributed by atoms with E-state index in [0.717, 1.165) is 0 Å². The first-order valence-corrected chi connectivity index (χ1v) is 6.95. The van der Waals surface area contributed by atoms with Gasteiger partial charge in [0.05, 0.1) is 16.8 Å². The Bertz CT molecular complexity index is 808. The van der Waals surface area contributed by atoms with Crippen molar-refractivity contribution in [3.63, 3.8) is 0 Å². The molecule has 0 saturated heterocycles. The number of aromatic nitrogens is 2. The Labute approximate surface area is 137 Å². The molecule has 0 spiro atoms. The van der Waals surface area contributed by atoms with E-state index in [9.17, 15) is 9.59 Å². The van der Waals surface area contributed by atoms with Crippen molar-refractivity contribution in [3.05, 3.63) is 46.2 Å². The van der Waals surface area contributed by atoms with E-state index in [2.05, 4.69) is 10.4 Å². The van der Waals surface area contributed by atoms with Gasteiger partial charge < -0.3 is 10.1 Å². The molecule has 1 amide bonds. The summed E-state index contributed by atoms with van der Waals surface area (Å²) in [6.45, 7) is 1.28. The number of nitriles is 1. The number of carbonyl (C=O) groups is 2. The Morgan fingerprint density at radius 1 is 1.48 bits per heavy atom. The van der Waals surface area contributed by atoms with Crippen LogP contribution in [-0.2, 0) is 16.6 Å². The Morgan fingerprint density at radius 2 is 2.22 bits per heavy atom. The lowest BCUT2D eigenvalue weighted by Crippen LogP contribution is -2.21. The smallest absolute Gasteiger partial charge is 0.342 e. The molecule has 0 fully saturated rings. The van der Waals surface area contributed by atoms with Crippen LogP contribution in [0.1, 0.15) is 21.6 Å². The van der Waals surface area contributed by atoms with Crippen molar-refractivity contribution in [1.29, 1.82) is 5.26 Å². The van der Waals surface area contributed by atoms with Gasteiger partial charge in [-0.05, 0) is 25.1 Å². The minimum absolute atomic E-state index is 0.230. The number of nitrogens with one attached hydrogen (secondary N) is 1. The lowest BCUT2D eigenvalue weighted by atomic mass is 10.2. The predicted octanol–water partition coefficient (Wildman–Crippen LogP) is 2.05. The molecular formula is C15H13ClN4O3. The van der Waals surface area contributed by atoms with E-state index in [4.69, 9.17) is 21.6 Å². The van der Waals surface area contributed by atoms with E-state index >= 15 is 0 Å². The molecule has 1 heterocycles. The average molecular weight is 333 g/mol. The van der Waals surface area contributed by atoms with Crippen molar-refractivity contribution >= 4 is 29.2 Å². The van der Waals surface area contributed by atoms with E-state index in [1.807, 2.05) is 6.07 Å². The Balaban J connectivity index is 1.93. The number of amides is 1. The van der Waals surface area contributed by atoms with Crippen LogP contribution in [0.3, 0.4) is 0 Å². The zero-order chi connectivity index (χ0) is 17.0. The molecule has 1 N–H and O–H groups in total. The summed E-state index contributed by atoms with van der Waals surface area (Å²) in [5.74, 6) is -1.13. The number of benzene rings is 1. The van der Waals surface area contributed by atoms with E-state index in [0.29, 0.717) is 22.5 Å². The van der Waals surface area contributed by atoms with E-state index in [1.165, 1.54) is 29.1 Å². The fourth-order valence-electron chi connectivity index (χ4n) is 1.79. The first kappa shape index (κ1) is 16.5. The van der Waals surface area contributed by atoms with E-state index < -0.39 is 18.5 Å². The van der Waals surface area contributed by atoms with Crippen LogP contribution in [0.2, 0.25) is 5.02 Å². The number of carbonyl (C=O) groups excluding carboxylic acids is 2. The number of aryl methyl sites for hydroxylation is 1. The molecule has 0 unspecified atom stereocenters. The Morgan fingerprint density at radius 3 is 2.78 bits per heavy atom. The summed E-state index contributed by atoms with van der Waals surface area (Å²) in [5, 5.41) is 15.5. The highest BCUT2D eigenvalue weighted by Crippen LogP contribution is 2.20. The second kappa shape index (κ2) is 6.94. The highest BCUT2D eigenvalue weighted by Gasteiger charge is 2.16. The second-order valence-electron chi connectivity index (χ2n) is 4.70. The van der Waals surface area contributed by atoms with Crippen LogP contribution in [0.15, 0.2) is 24.4 Å². The number of anilines is 1. The molecule has 0 aliphatic carbocycles. The van der Waals surface area contributed by atoms with Crippen LogP contribution in [0, 0.1) is 18.3 Å². The zero-order valence-corrected chi connectivity index (χ0v) is 13.2. The SMILES string of the molecule is Cc1c(C(=O)OCC(=O)Nc2ccc(C#N)c(Cl)c2)cnn1C. The van der Waals surface area contributed by atoms with Crippen LogP contribution in [-0.4, -0.2) is 28.3 Å². The van der Waals surface area contributed by atoms with Gasteiger partial charge in [-0.25, -0.2) is 4.79 Å². The van der Waals surface area contributed by atoms with Gasteiger partial charge in [0.2, 0.25) is 0 Å². The lowest BCUT2D eigenvalue weighted by molar-refractivity contribution is -0.119. The molecule has 0 saturated carbocycles. The van der Waals surface area contributed by atoms with Gasteiger partial charge in [0.15, 0.2) is 6.61 Å². The fraction of sp³-hybridized carbons (Fsp3) is 0.200. The maximum Gasteiger partial charge on any atom is 0.342 e. The number of ether oxygens (including phenoxy) is 1. The maximum atomic E-state index is 11.9. The molecule has 118 valence electrons. The van der Waals surface area contributed by atoms with Crippen LogP contribution < -0.4 is 5.32 Å². The van der Waals surface area contributed by atoms with Crippen molar-refractivity contribution in [1.82, 2.24) is 9.78 Å². The molecular weight excluding hydrogens is 320 g/mol. The van der Waals surface area contributed by atoms with Gasteiger partial charge in [-0.1, -0.05) is 11.6 Å². The van der Waals surface area contributed by atoms with Crippen molar-refractivity contribution in [3.8, 4) is 6.07 Å². The number of rotatable bonds is 4. The number of hydrogen-bond acceptors (Lipinski definition) is 5. The number of halogens is 1. The summed E-state index contributed by atoms with van der Waals surface area (Å²) in [5.41, 5.74) is 1.67. The third kappa shape index (κ3) is 3.87. The predicted molar refractivity (Wildman–Crippen MR) is 83.0 cm³/mol. The fourth-order valence-corrected chi connectivity index (χ4v) is 2.01. The van der Waals surface area contributed by atoms with Crippen LogP contribution in [0.25, 0.3) is 0 Å². The highest BCUT2D eigenvalue weighted by molar-refractivity contribution is 6.32. The summed E-state index contributed by atoms with van der Waals surface area (Å²) in [4.78, 5) is 23.6. The average Bonchev–Trinajstić information content (AvgIpc) is 2.85. The highest BCUT2D eigenvalue weighted by atomic mass is 35.5. The first-order chi connectivity index (χ1) is 10.9. The first-order valence-electron chi connectivity index (χ1n) is 6.57. The van der Waals surface area contributed by atoms with Gasteiger partial charge in [0.25, 0.3) is 5.91 Å². The number of esters is 1. The van der Waals surface area contributed by atoms with E-state index in [-0.39, 0.29) is 5.02 Å². The normalized spacial score (nSPS) is 10.0. The molecule has 0 aliphatic heterocycles. The molecule has 7 nitrogen and oxygen atoms in total. The summed E-state index contributed by atoms with van der Waals surface area (Å²) in [6, 6.07) is 6.40. The number of hydrogen-bond donors (Lipinski definition) is 1. The molecule has 0 aliphatic rings. The minimum atomic E-state index is -0.622. The minimum Gasteiger partial charge on any atom is -0.452 e. The summed E-state index contributed by atoms with van der Waals surface area (Å²) >= 11 is 5.87. The van der Waals surface area contributed by atoms with Crippen LogP contribution in [0.5, 0.6) is 0 Å². The Kier molecular flexibility index (Phi) is 4.98. The molecule has 2 rings (SSSR count). The topological polar surface area (TPSA) is 97.0 Å². The van der Waals surface area contributed by atoms with E-state index in [1.54, 1.807) is 14.0 Å². The summed E-state index contributed by atoms with van der Waals surface area (Å²) < 4.78 is 6.48. The summed E-state index contributed by atoms with van der Waals surface area (Å²) in [7, 11) is 1.70. The number of nitrogens with zero attached hydrogens (tertiary/aromatic N) is 3. The second-order valence-corrected chi connectivity index (χ2v) is 5.11. The van der Waals surface area contributed by atoms with Crippen molar-refractivity contribution in [2.45, 2.75) is 6.92 Å². The van der Waals surface area contributed by atoms with Gasteiger partial charge in [0.1, 0.15) is 11.6 Å².